The van der Waals surface area contributed by atoms with E-state index in [2.05, 4.69) is 10.1 Å². The van der Waals surface area contributed by atoms with Crippen LogP contribution in [0.15, 0.2) is 47.4 Å². The third-order valence-corrected chi connectivity index (χ3v) is 2.73. The molecule has 2 aromatic heterocycles. The van der Waals surface area contributed by atoms with Crippen molar-refractivity contribution in [1.29, 1.82) is 0 Å². The van der Waals surface area contributed by atoms with Crippen LogP contribution in [0, 0.1) is 6.92 Å². The molecule has 1 N–H and O–H groups in total. The summed E-state index contributed by atoms with van der Waals surface area (Å²) in [4.78, 5) is 14.6. The largest absolute Gasteiger partial charge is 0.303 e. The Balaban J connectivity index is 2.23. The highest BCUT2D eigenvalue weighted by molar-refractivity contribution is 5.56. The Morgan fingerprint density at radius 1 is 1.18 bits per heavy atom. The molecule has 1 aromatic carbocycles. The van der Waals surface area contributed by atoms with Crippen molar-refractivity contribution in [1.82, 2.24) is 14.6 Å². The SMILES string of the molecule is Cc1ccc(-c2nn3cccc3c(=O)[nH]2)cc1. The molecular weight excluding hydrogens is 214 g/mol. The van der Waals surface area contributed by atoms with E-state index >= 15 is 0 Å². The van der Waals surface area contributed by atoms with Crippen LogP contribution in [-0.4, -0.2) is 14.6 Å². The Bertz CT molecular complexity index is 722. The molecule has 0 aliphatic rings. The molecule has 0 fully saturated rings. The number of aryl methyl sites for hydroxylation is 1. The summed E-state index contributed by atoms with van der Waals surface area (Å²) < 4.78 is 1.59. The molecule has 0 unspecified atom stereocenters. The van der Waals surface area contributed by atoms with Crippen molar-refractivity contribution in [2.45, 2.75) is 6.92 Å². The maximum Gasteiger partial charge on any atom is 0.275 e. The average Bonchev–Trinajstić information content (AvgIpc) is 2.78. The first-order chi connectivity index (χ1) is 8.24. The number of aromatic amines is 1. The van der Waals surface area contributed by atoms with Crippen LogP contribution in [-0.2, 0) is 0 Å². The highest BCUT2D eigenvalue weighted by Crippen LogP contribution is 2.13. The first-order valence-electron chi connectivity index (χ1n) is 5.39. The molecular formula is C13H11N3O. The topological polar surface area (TPSA) is 50.2 Å². The van der Waals surface area contributed by atoms with Gasteiger partial charge < -0.3 is 4.98 Å². The fourth-order valence-electron chi connectivity index (χ4n) is 1.78. The minimum Gasteiger partial charge on any atom is -0.303 e. The van der Waals surface area contributed by atoms with Gasteiger partial charge in [-0.3, -0.25) is 4.79 Å². The summed E-state index contributed by atoms with van der Waals surface area (Å²) in [5.41, 5.74) is 2.52. The van der Waals surface area contributed by atoms with Gasteiger partial charge in [0.15, 0.2) is 5.82 Å². The predicted octanol–water partition coefficient (Wildman–Crippen LogP) is 2.00. The van der Waals surface area contributed by atoms with E-state index in [9.17, 15) is 4.79 Å². The fourth-order valence-corrected chi connectivity index (χ4v) is 1.78. The van der Waals surface area contributed by atoms with E-state index in [0.717, 1.165) is 5.56 Å². The Morgan fingerprint density at radius 3 is 2.71 bits per heavy atom. The molecule has 0 saturated carbocycles. The molecule has 84 valence electrons. The molecule has 0 radical (unpaired) electrons. The lowest BCUT2D eigenvalue weighted by atomic mass is 10.1. The van der Waals surface area contributed by atoms with Crippen LogP contribution in [0.5, 0.6) is 0 Å². The number of nitrogens with one attached hydrogen (secondary N) is 1. The molecule has 0 atom stereocenters. The van der Waals surface area contributed by atoms with Gasteiger partial charge in [-0.25, -0.2) is 4.52 Å². The summed E-state index contributed by atoms with van der Waals surface area (Å²) in [6.07, 6.45) is 1.77. The Hall–Kier alpha value is -2.36. The Morgan fingerprint density at radius 2 is 1.94 bits per heavy atom. The highest BCUT2D eigenvalue weighted by atomic mass is 16.1. The minimum absolute atomic E-state index is 0.124. The van der Waals surface area contributed by atoms with Crippen molar-refractivity contribution in [2.24, 2.45) is 0 Å². The van der Waals surface area contributed by atoms with Crippen molar-refractivity contribution in [3.05, 3.63) is 58.5 Å². The lowest BCUT2D eigenvalue weighted by Gasteiger charge is -2.02. The number of H-pyrrole nitrogens is 1. The van der Waals surface area contributed by atoms with Gasteiger partial charge in [0, 0.05) is 11.8 Å². The molecule has 4 nitrogen and oxygen atoms in total. The molecule has 3 aromatic rings. The third kappa shape index (κ3) is 1.63. The van der Waals surface area contributed by atoms with E-state index in [-0.39, 0.29) is 5.56 Å². The smallest absolute Gasteiger partial charge is 0.275 e. The molecule has 4 heteroatoms. The normalized spacial score (nSPS) is 10.9. The molecule has 17 heavy (non-hydrogen) atoms. The van der Waals surface area contributed by atoms with Gasteiger partial charge >= 0.3 is 0 Å². The molecule has 0 amide bonds. The molecule has 0 aliphatic heterocycles. The van der Waals surface area contributed by atoms with Gasteiger partial charge in [-0.2, -0.15) is 0 Å². The predicted molar refractivity (Wildman–Crippen MR) is 66.0 cm³/mol. The molecule has 3 rings (SSSR count). The summed E-state index contributed by atoms with van der Waals surface area (Å²) in [6, 6.07) is 11.4. The Kier molecular flexibility index (Phi) is 2.08. The first-order valence-corrected chi connectivity index (χ1v) is 5.39. The van der Waals surface area contributed by atoms with Crippen LogP contribution in [0.4, 0.5) is 0 Å². The number of benzene rings is 1. The van der Waals surface area contributed by atoms with Crippen LogP contribution in [0.25, 0.3) is 16.9 Å². The highest BCUT2D eigenvalue weighted by Gasteiger charge is 2.04. The maximum absolute atomic E-state index is 11.8. The van der Waals surface area contributed by atoms with Crippen molar-refractivity contribution >= 4 is 5.52 Å². The second kappa shape index (κ2) is 3.59. The van der Waals surface area contributed by atoms with Crippen molar-refractivity contribution in [3.63, 3.8) is 0 Å². The van der Waals surface area contributed by atoms with Crippen molar-refractivity contribution in [3.8, 4) is 11.4 Å². The maximum atomic E-state index is 11.8. The number of aromatic nitrogens is 3. The minimum atomic E-state index is -0.124. The summed E-state index contributed by atoms with van der Waals surface area (Å²) in [6.45, 7) is 2.02. The summed E-state index contributed by atoms with van der Waals surface area (Å²) in [5, 5.41) is 4.36. The van der Waals surface area contributed by atoms with Gasteiger partial charge in [-0.05, 0) is 19.1 Å². The van der Waals surface area contributed by atoms with Gasteiger partial charge in [0.25, 0.3) is 5.56 Å². The Labute approximate surface area is 97.5 Å². The number of rotatable bonds is 1. The van der Waals surface area contributed by atoms with Gasteiger partial charge in [0.2, 0.25) is 0 Å². The lowest BCUT2D eigenvalue weighted by Crippen LogP contribution is -2.13. The fraction of sp³-hybridized carbons (Fsp3) is 0.0769. The zero-order valence-electron chi connectivity index (χ0n) is 9.34. The monoisotopic (exact) mass is 225 g/mol. The van der Waals surface area contributed by atoms with E-state index in [1.165, 1.54) is 5.56 Å². The second-order valence-corrected chi connectivity index (χ2v) is 4.01. The average molecular weight is 225 g/mol. The van der Waals surface area contributed by atoms with E-state index in [1.807, 2.05) is 31.2 Å². The van der Waals surface area contributed by atoms with E-state index in [1.54, 1.807) is 22.8 Å². The van der Waals surface area contributed by atoms with Crippen LogP contribution >= 0.6 is 0 Å². The van der Waals surface area contributed by atoms with Gasteiger partial charge in [0.1, 0.15) is 5.52 Å². The van der Waals surface area contributed by atoms with Gasteiger partial charge in [0.05, 0.1) is 0 Å². The molecule has 0 aliphatic carbocycles. The number of hydrogen-bond acceptors (Lipinski definition) is 2. The number of fused-ring (bicyclic) bond motifs is 1. The lowest BCUT2D eigenvalue weighted by molar-refractivity contribution is 0.899. The van der Waals surface area contributed by atoms with Crippen LogP contribution in [0.3, 0.4) is 0 Å². The van der Waals surface area contributed by atoms with Crippen LogP contribution < -0.4 is 5.56 Å². The molecule has 0 saturated heterocycles. The third-order valence-electron chi connectivity index (χ3n) is 2.73. The quantitative estimate of drug-likeness (QED) is 0.688. The van der Waals surface area contributed by atoms with Gasteiger partial charge in [-0.15, -0.1) is 5.10 Å². The van der Waals surface area contributed by atoms with E-state index in [4.69, 9.17) is 0 Å². The number of hydrogen-bond donors (Lipinski definition) is 1. The summed E-state index contributed by atoms with van der Waals surface area (Å²) in [5.74, 6) is 0.582. The van der Waals surface area contributed by atoms with E-state index in [0.29, 0.717) is 11.3 Å². The summed E-state index contributed by atoms with van der Waals surface area (Å²) >= 11 is 0. The van der Waals surface area contributed by atoms with Crippen LogP contribution in [0.2, 0.25) is 0 Å². The van der Waals surface area contributed by atoms with Crippen molar-refractivity contribution < 1.29 is 0 Å². The zero-order chi connectivity index (χ0) is 11.8. The zero-order valence-corrected chi connectivity index (χ0v) is 9.34. The standard InChI is InChI=1S/C13H11N3O/c1-9-4-6-10(7-5-9)12-14-13(17)11-3-2-8-16(11)15-12/h2-8H,1H3,(H,14,15,17). The molecule has 2 heterocycles. The first kappa shape index (κ1) is 9.84. The van der Waals surface area contributed by atoms with Crippen LogP contribution in [0.1, 0.15) is 5.56 Å². The molecule has 0 bridgehead atoms. The number of nitrogens with zero attached hydrogens (tertiary/aromatic N) is 2. The second-order valence-electron chi connectivity index (χ2n) is 4.01. The molecule has 0 spiro atoms. The summed E-state index contributed by atoms with van der Waals surface area (Å²) in [7, 11) is 0. The van der Waals surface area contributed by atoms with Crippen molar-refractivity contribution in [2.75, 3.05) is 0 Å². The van der Waals surface area contributed by atoms with Gasteiger partial charge in [-0.1, -0.05) is 29.8 Å². The van der Waals surface area contributed by atoms with E-state index < -0.39 is 0 Å².